The molecule has 34 heavy (non-hydrogen) atoms. The van der Waals surface area contributed by atoms with Gasteiger partial charge in [-0.05, 0) is 35.7 Å². The third kappa shape index (κ3) is 6.93. The number of aliphatic hydroxyl groups is 3. The standard InChI is InChI=1S/C26H30N2O6/c1-18-7-9-21(10-8-18)26(20-5-3-2-4-6-20)34-17-23(30)15-27-24(16-29)25(31)19-11-13-22(14-12-19)28(32)33/h2-14,23-27,29-31H,15-17H2,1H3/t23-,24-,25+,26+/m0/s1. The highest BCUT2D eigenvalue weighted by atomic mass is 16.6. The van der Waals surface area contributed by atoms with Crippen LogP contribution in [0.1, 0.15) is 34.5 Å². The summed E-state index contributed by atoms with van der Waals surface area (Å²) in [6.45, 7) is 1.74. The Bertz CT molecular complexity index is 1030. The number of hydrogen-bond donors (Lipinski definition) is 4. The molecule has 0 aliphatic rings. The van der Waals surface area contributed by atoms with Crippen molar-refractivity contribution in [3.63, 3.8) is 0 Å². The Labute approximate surface area is 198 Å². The zero-order valence-corrected chi connectivity index (χ0v) is 18.9. The molecule has 4 N–H and O–H groups in total. The van der Waals surface area contributed by atoms with Gasteiger partial charge >= 0.3 is 0 Å². The molecule has 8 nitrogen and oxygen atoms in total. The van der Waals surface area contributed by atoms with Gasteiger partial charge in [-0.25, -0.2) is 0 Å². The molecule has 0 unspecified atom stereocenters. The van der Waals surface area contributed by atoms with Crippen LogP contribution < -0.4 is 5.32 Å². The van der Waals surface area contributed by atoms with E-state index in [0.29, 0.717) is 5.56 Å². The fourth-order valence-corrected chi connectivity index (χ4v) is 3.61. The topological polar surface area (TPSA) is 125 Å². The Hall–Kier alpha value is -3.14. The molecule has 0 radical (unpaired) electrons. The smallest absolute Gasteiger partial charge is 0.269 e. The van der Waals surface area contributed by atoms with Crippen molar-refractivity contribution >= 4 is 5.69 Å². The lowest BCUT2D eigenvalue weighted by molar-refractivity contribution is -0.384. The summed E-state index contributed by atoms with van der Waals surface area (Å²) >= 11 is 0. The molecule has 8 heteroatoms. The second kappa shape index (κ2) is 12.4. The molecule has 0 aromatic heterocycles. The van der Waals surface area contributed by atoms with E-state index < -0.39 is 23.2 Å². The van der Waals surface area contributed by atoms with Gasteiger partial charge in [0.2, 0.25) is 0 Å². The maximum atomic E-state index is 10.8. The number of non-ortho nitro benzene ring substituents is 1. The van der Waals surface area contributed by atoms with Gasteiger partial charge in [-0.1, -0.05) is 60.2 Å². The maximum Gasteiger partial charge on any atom is 0.269 e. The Kier molecular flexibility index (Phi) is 9.26. The van der Waals surface area contributed by atoms with Crippen molar-refractivity contribution in [3.05, 3.63) is 111 Å². The molecule has 0 amide bonds. The van der Waals surface area contributed by atoms with E-state index >= 15 is 0 Å². The first-order valence-corrected chi connectivity index (χ1v) is 11.1. The molecule has 0 bridgehead atoms. The summed E-state index contributed by atoms with van der Waals surface area (Å²) < 4.78 is 6.08. The summed E-state index contributed by atoms with van der Waals surface area (Å²) in [5.74, 6) is 0. The fourth-order valence-electron chi connectivity index (χ4n) is 3.61. The Morgan fingerprint density at radius 2 is 1.50 bits per heavy atom. The number of nitrogens with one attached hydrogen (secondary N) is 1. The average Bonchev–Trinajstić information content (AvgIpc) is 2.86. The van der Waals surface area contributed by atoms with E-state index in [4.69, 9.17) is 4.74 Å². The largest absolute Gasteiger partial charge is 0.395 e. The number of nitro benzene ring substituents is 1. The van der Waals surface area contributed by atoms with Crippen LogP contribution >= 0.6 is 0 Å². The maximum absolute atomic E-state index is 10.8. The van der Waals surface area contributed by atoms with Crippen molar-refractivity contribution in [3.8, 4) is 0 Å². The minimum absolute atomic E-state index is 0.0339. The molecule has 0 aliphatic carbocycles. The highest BCUT2D eigenvalue weighted by Gasteiger charge is 2.22. The summed E-state index contributed by atoms with van der Waals surface area (Å²) in [6.07, 6.45) is -2.35. The first kappa shape index (κ1) is 25.5. The molecule has 3 aromatic carbocycles. The van der Waals surface area contributed by atoms with Crippen LogP contribution in [-0.4, -0.2) is 52.1 Å². The molecule has 0 saturated carbocycles. The lowest BCUT2D eigenvalue weighted by atomic mass is 10.0. The highest BCUT2D eigenvalue weighted by Crippen LogP contribution is 2.26. The van der Waals surface area contributed by atoms with E-state index in [1.165, 1.54) is 24.3 Å². The zero-order chi connectivity index (χ0) is 24.5. The molecule has 0 spiro atoms. The third-order valence-corrected chi connectivity index (χ3v) is 5.58. The molecule has 0 heterocycles. The lowest BCUT2D eigenvalue weighted by Crippen LogP contribution is -2.43. The van der Waals surface area contributed by atoms with Crippen LogP contribution in [0.25, 0.3) is 0 Å². The van der Waals surface area contributed by atoms with Crippen LogP contribution in [0.4, 0.5) is 5.69 Å². The van der Waals surface area contributed by atoms with E-state index in [-0.39, 0.29) is 31.5 Å². The molecular formula is C26H30N2O6. The normalized spacial score (nSPS) is 14.8. The van der Waals surface area contributed by atoms with Gasteiger partial charge in [0.1, 0.15) is 6.10 Å². The predicted molar refractivity (Wildman–Crippen MR) is 128 cm³/mol. The monoisotopic (exact) mass is 466 g/mol. The molecule has 4 atom stereocenters. The van der Waals surface area contributed by atoms with Gasteiger partial charge in [-0.3, -0.25) is 10.1 Å². The summed E-state index contributed by atoms with van der Waals surface area (Å²) in [7, 11) is 0. The number of hydrogen-bond acceptors (Lipinski definition) is 7. The van der Waals surface area contributed by atoms with Crippen LogP contribution in [0.15, 0.2) is 78.9 Å². The Balaban J connectivity index is 1.59. The SMILES string of the molecule is Cc1ccc([C@H](OC[C@@H](O)CN[C@@H](CO)[C@H](O)c2ccc([N+](=O)[O-])cc2)c2ccccc2)cc1. The Morgan fingerprint density at radius 3 is 2.09 bits per heavy atom. The predicted octanol–water partition coefficient (Wildman–Crippen LogP) is 3.05. The van der Waals surface area contributed by atoms with Crippen LogP contribution in [-0.2, 0) is 4.74 Å². The number of ether oxygens (including phenoxy) is 1. The molecule has 0 fully saturated rings. The number of aryl methyl sites for hydroxylation is 1. The van der Waals surface area contributed by atoms with Gasteiger partial charge < -0.3 is 25.4 Å². The molecule has 3 rings (SSSR count). The van der Waals surface area contributed by atoms with Gasteiger partial charge in [0.15, 0.2) is 0 Å². The van der Waals surface area contributed by atoms with E-state index in [2.05, 4.69) is 5.32 Å². The molecule has 180 valence electrons. The molecule has 0 saturated heterocycles. The first-order chi connectivity index (χ1) is 16.4. The van der Waals surface area contributed by atoms with Crippen LogP contribution in [0.3, 0.4) is 0 Å². The number of nitrogens with zero attached hydrogens (tertiary/aromatic N) is 1. The van der Waals surface area contributed by atoms with Crippen molar-refractivity contribution in [2.24, 2.45) is 0 Å². The van der Waals surface area contributed by atoms with Crippen LogP contribution in [0.5, 0.6) is 0 Å². The summed E-state index contributed by atoms with van der Waals surface area (Å²) in [6, 6.07) is 22.5. The number of aliphatic hydroxyl groups excluding tert-OH is 3. The third-order valence-electron chi connectivity index (χ3n) is 5.58. The second-order valence-electron chi connectivity index (χ2n) is 8.18. The quantitative estimate of drug-likeness (QED) is 0.239. The minimum Gasteiger partial charge on any atom is -0.395 e. The van der Waals surface area contributed by atoms with Crippen molar-refractivity contribution < 1.29 is 25.0 Å². The first-order valence-electron chi connectivity index (χ1n) is 11.1. The second-order valence-corrected chi connectivity index (χ2v) is 8.18. The van der Waals surface area contributed by atoms with Crippen molar-refractivity contribution in [1.82, 2.24) is 5.32 Å². The number of benzene rings is 3. The van der Waals surface area contributed by atoms with Crippen LogP contribution in [0, 0.1) is 17.0 Å². The highest BCUT2D eigenvalue weighted by molar-refractivity contribution is 5.34. The van der Waals surface area contributed by atoms with E-state index in [9.17, 15) is 25.4 Å². The van der Waals surface area contributed by atoms with Gasteiger partial charge in [0.25, 0.3) is 5.69 Å². The van der Waals surface area contributed by atoms with Gasteiger partial charge in [-0.15, -0.1) is 0 Å². The zero-order valence-electron chi connectivity index (χ0n) is 18.9. The summed E-state index contributed by atoms with van der Waals surface area (Å²) in [4.78, 5) is 10.3. The molecule has 0 aliphatic heterocycles. The number of rotatable bonds is 12. The van der Waals surface area contributed by atoms with Crippen molar-refractivity contribution in [2.45, 2.75) is 31.3 Å². The summed E-state index contributed by atoms with van der Waals surface area (Å²) in [5.41, 5.74) is 3.42. The molecule has 3 aromatic rings. The lowest BCUT2D eigenvalue weighted by Gasteiger charge is -2.25. The summed E-state index contributed by atoms with van der Waals surface area (Å²) in [5, 5.41) is 44.5. The number of nitro groups is 1. The Morgan fingerprint density at radius 1 is 0.912 bits per heavy atom. The van der Waals surface area contributed by atoms with Crippen LogP contribution in [0.2, 0.25) is 0 Å². The van der Waals surface area contributed by atoms with Gasteiger partial charge in [0.05, 0.1) is 36.4 Å². The van der Waals surface area contributed by atoms with Crippen molar-refractivity contribution in [1.29, 1.82) is 0 Å². The van der Waals surface area contributed by atoms with Gasteiger partial charge in [-0.2, -0.15) is 0 Å². The fraction of sp³-hybridized carbons (Fsp3) is 0.308. The van der Waals surface area contributed by atoms with E-state index in [1.54, 1.807) is 0 Å². The van der Waals surface area contributed by atoms with E-state index in [1.807, 2.05) is 61.5 Å². The van der Waals surface area contributed by atoms with Crippen molar-refractivity contribution in [2.75, 3.05) is 19.8 Å². The molecular weight excluding hydrogens is 436 g/mol. The average molecular weight is 467 g/mol. The van der Waals surface area contributed by atoms with Gasteiger partial charge in [0, 0.05) is 18.7 Å². The van der Waals surface area contributed by atoms with E-state index in [0.717, 1.165) is 16.7 Å². The minimum atomic E-state index is -1.11.